The van der Waals surface area contributed by atoms with E-state index in [1.165, 1.54) is 0 Å². The molecule has 0 N–H and O–H groups in total. The predicted octanol–water partition coefficient (Wildman–Crippen LogP) is 3.11. The van der Waals surface area contributed by atoms with E-state index in [9.17, 15) is 4.79 Å². The highest BCUT2D eigenvalue weighted by Crippen LogP contribution is 2.22. The molecule has 1 amide bonds. The summed E-state index contributed by atoms with van der Waals surface area (Å²) in [7, 11) is 0. The molecule has 0 unspecified atom stereocenters. The summed E-state index contributed by atoms with van der Waals surface area (Å²) in [4.78, 5) is 21.3. The van der Waals surface area contributed by atoms with E-state index in [1.54, 1.807) is 12.4 Å². The van der Waals surface area contributed by atoms with E-state index in [-0.39, 0.29) is 5.91 Å². The van der Waals surface area contributed by atoms with Gasteiger partial charge in [-0.15, -0.1) is 0 Å². The topological polar surface area (TPSA) is 58.8 Å². The molecule has 0 saturated carbocycles. The van der Waals surface area contributed by atoms with Crippen molar-refractivity contribution in [2.24, 2.45) is 0 Å². The molecular weight excluding hydrogens is 398 g/mol. The molecule has 1 fully saturated rings. The largest absolute Gasteiger partial charge is 0.444 e. The third-order valence-electron chi connectivity index (χ3n) is 4.50. The van der Waals surface area contributed by atoms with Crippen LogP contribution in [0, 0.1) is 6.92 Å². The van der Waals surface area contributed by atoms with Gasteiger partial charge in [-0.05, 0) is 53.0 Å². The Labute approximate surface area is 162 Å². The second-order valence-electron chi connectivity index (χ2n) is 6.45. The van der Waals surface area contributed by atoms with Gasteiger partial charge in [-0.1, -0.05) is 0 Å². The second-order valence-corrected chi connectivity index (χ2v) is 7.23. The number of nitrogens with zero attached hydrogens (tertiary/aromatic N) is 3. The van der Waals surface area contributed by atoms with Gasteiger partial charge >= 0.3 is 0 Å². The van der Waals surface area contributed by atoms with Gasteiger partial charge < -0.3 is 14.1 Å². The third-order valence-corrected chi connectivity index (χ3v) is 4.89. The number of halogens is 1. The first-order valence-corrected chi connectivity index (χ1v) is 9.67. The Hall–Kier alpha value is -1.70. The van der Waals surface area contributed by atoms with E-state index in [4.69, 9.17) is 9.15 Å². The lowest BCUT2D eigenvalue weighted by Crippen LogP contribution is -2.39. The minimum absolute atomic E-state index is 0.0769. The number of aryl methyl sites for hydroxylation is 1. The summed E-state index contributed by atoms with van der Waals surface area (Å²) in [5, 5.41) is 0. The molecule has 1 aliphatic rings. The van der Waals surface area contributed by atoms with Crippen LogP contribution in [0.15, 0.2) is 39.7 Å². The van der Waals surface area contributed by atoms with Crippen LogP contribution in [0.5, 0.6) is 0 Å². The Kier molecular flexibility index (Phi) is 6.82. The van der Waals surface area contributed by atoms with Crippen molar-refractivity contribution in [3.63, 3.8) is 0 Å². The van der Waals surface area contributed by atoms with Gasteiger partial charge in [0, 0.05) is 50.7 Å². The van der Waals surface area contributed by atoms with Crippen molar-refractivity contribution in [1.82, 2.24) is 14.8 Å². The number of morpholine rings is 1. The molecule has 140 valence electrons. The zero-order chi connectivity index (χ0) is 18.4. The molecule has 0 aromatic carbocycles. The molecule has 3 rings (SSSR count). The van der Waals surface area contributed by atoms with Crippen LogP contribution in [0.4, 0.5) is 0 Å². The standard InChI is InChI=1S/C19H24BrN3O3/c1-15-13-17(20)26-18(15)19(24)23(14-16-3-5-21-6-4-16)8-2-7-22-9-11-25-12-10-22/h3-6,13H,2,7-12,14H2,1H3. The molecule has 0 radical (unpaired) electrons. The van der Waals surface area contributed by atoms with Crippen LogP contribution in [-0.2, 0) is 11.3 Å². The van der Waals surface area contributed by atoms with Gasteiger partial charge in [0.2, 0.25) is 0 Å². The Morgan fingerprint density at radius 1 is 1.31 bits per heavy atom. The van der Waals surface area contributed by atoms with Crippen molar-refractivity contribution in [3.05, 3.63) is 52.1 Å². The van der Waals surface area contributed by atoms with Gasteiger partial charge in [0.25, 0.3) is 5.91 Å². The normalized spacial score (nSPS) is 15.2. The molecule has 0 spiro atoms. The lowest BCUT2D eigenvalue weighted by Gasteiger charge is -2.28. The molecule has 2 aromatic heterocycles. The molecule has 6 nitrogen and oxygen atoms in total. The number of aromatic nitrogens is 1. The molecule has 1 saturated heterocycles. The van der Waals surface area contributed by atoms with Gasteiger partial charge in [-0.25, -0.2) is 0 Å². The van der Waals surface area contributed by atoms with Crippen molar-refractivity contribution in [1.29, 1.82) is 0 Å². The molecule has 0 bridgehead atoms. The summed E-state index contributed by atoms with van der Waals surface area (Å²) >= 11 is 3.31. The SMILES string of the molecule is Cc1cc(Br)oc1C(=O)N(CCCN1CCOCC1)Cc1ccncc1. The van der Waals surface area contributed by atoms with E-state index in [0.29, 0.717) is 23.5 Å². The first kappa shape index (κ1) is 19.1. The highest BCUT2D eigenvalue weighted by Gasteiger charge is 2.22. The number of hydrogen-bond acceptors (Lipinski definition) is 5. The third kappa shape index (κ3) is 5.16. The van der Waals surface area contributed by atoms with E-state index < -0.39 is 0 Å². The molecule has 3 heterocycles. The highest BCUT2D eigenvalue weighted by atomic mass is 79.9. The van der Waals surface area contributed by atoms with E-state index >= 15 is 0 Å². The second kappa shape index (κ2) is 9.30. The van der Waals surface area contributed by atoms with Crippen molar-refractivity contribution in [2.75, 3.05) is 39.4 Å². The van der Waals surface area contributed by atoms with Crippen LogP contribution in [0.1, 0.15) is 28.1 Å². The van der Waals surface area contributed by atoms with Crippen molar-refractivity contribution in [3.8, 4) is 0 Å². The monoisotopic (exact) mass is 421 g/mol. The fourth-order valence-electron chi connectivity index (χ4n) is 3.07. The Morgan fingerprint density at radius 3 is 2.69 bits per heavy atom. The summed E-state index contributed by atoms with van der Waals surface area (Å²) in [5.74, 6) is 0.323. The van der Waals surface area contributed by atoms with Crippen LogP contribution in [-0.4, -0.2) is 60.1 Å². The van der Waals surface area contributed by atoms with E-state index in [2.05, 4.69) is 25.8 Å². The van der Waals surface area contributed by atoms with Crippen LogP contribution in [0.3, 0.4) is 0 Å². The Bertz CT molecular complexity index is 714. The summed E-state index contributed by atoms with van der Waals surface area (Å²) < 4.78 is 11.5. The van der Waals surface area contributed by atoms with Gasteiger partial charge in [-0.3, -0.25) is 14.7 Å². The summed E-state index contributed by atoms with van der Waals surface area (Å²) in [6, 6.07) is 5.70. The minimum atomic E-state index is -0.0769. The fourth-order valence-corrected chi connectivity index (χ4v) is 3.58. The van der Waals surface area contributed by atoms with Crippen molar-refractivity contribution in [2.45, 2.75) is 19.9 Å². The number of furan rings is 1. The summed E-state index contributed by atoms with van der Waals surface area (Å²) in [6.07, 6.45) is 4.42. The first-order valence-electron chi connectivity index (χ1n) is 8.87. The van der Waals surface area contributed by atoms with Crippen LogP contribution in [0.2, 0.25) is 0 Å². The number of carbonyl (C=O) groups excluding carboxylic acids is 1. The molecule has 7 heteroatoms. The number of rotatable bonds is 7. The zero-order valence-corrected chi connectivity index (χ0v) is 16.6. The lowest BCUT2D eigenvalue weighted by atomic mass is 10.2. The Balaban J connectivity index is 1.66. The van der Waals surface area contributed by atoms with Crippen molar-refractivity contribution < 1.29 is 13.9 Å². The predicted molar refractivity (Wildman–Crippen MR) is 102 cm³/mol. The maximum Gasteiger partial charge on any atom is 0.290 e. The highest BCUT2D eigenvalue weighted by molar-refractivity contribution is 9.10. The number of pyridine rings is 1. The zero-order valence-electron chi connectivity index (χ0n) is 15.0. The van der Waals surface area contributed by atoms with Crippen LogP contribution >= 0.6 is 15.9 Å². The van der Waals surface area contributed by atoms with Gasteiger partial charge in [0.05, 0.1) is 13.2 Å². The molecule has 2 aromatic rings. The molecular formula is C19H24BrN3O3. The van der Waals surface area contributed by atoms with Gasteiger partial charge in [0.15, 0.2) is 10.4 Å². The number of amides is 1. The number of carbonyl (C=O) groups is 1. The summed E-state index contributed by atoms with van der Waals surface area (Å²) in [5.41, 5.74) is 1.90. The minimum Gasteiger partial charge on any atom is -0.444 e. The smallest absolute Gasteiger partial charge is 0.290 e. The molecule has 1 aliphatic heterocycles. The van der Waals surface area contributed by atoms with Crippen LogP contribution in [0.25, 0.3) is 0 Å². The summed E-state index contributed by atoms with van der Waals surface area (Å²) in [6.45, 7) is 7.58. The first-order chi connectivity index (χ1) is 12.6. The lowest BCUT2D eigenvalue weighted by molar-refractivity contribution is 0.0354. The fraction of sp³-hybridized carbons (Fsp3) is 0.474. The quantitative estimate of drug-likeness (QED) is 0.687. The maximum absolute atomic E-state index is 13.0. The number of ether oxygens (including phenoxy) is 1. The number of hydrogen-bond donors (Lipinski definition) is 0. The average molecular weight is 422 g/mol. The average Bonchev–Trinajstić information content (AvgIpc) is 3.00. The van der Waals surface area contributed by atoms with E-state index in [1.807, 2.05) is 30.0 Å². The molecule has 0 aliphatic carbocycles. The maximum atomic E-state index is 13.0. The Morgan fingerprint density at radius 2 is 2.04 bits per heavy atom. The van der Waals surface area contributed by atoms with Crippen LogP contribution < -0.4 is 0 Å². The molecule has 26 heavy (non-hydrogen) atoms. The van der Waals surface area contributed by atoms with Crippen molar-refractivity contribution >= 4 is 21.8 Å². The van der Waals surface area contributed by atoms with Gasteiger partial charge in [-0.2, -0.15) is 0 Å². The van der Waals surface area contributed by atoms with Gasteiger partial charge in [0.1, 0.15) is 0 Å². The molecule has 0 atom stereocenters. The van der Waals surface area contributed by atoms with E-state index in [0.717, 1.165) is 50.4 Å².